The smallest absolute Gasteiger partial charge is 0.393 e. The van der Waals surface area contributed by atoms with Crippen LogP contribution < -0.4 is 0 Å². The molecule has 1 aromatic rings. The number of hydrogen-bond donors (Lipinski definition) is 1. The zero-order valence-electron chi connectivity index (χ0n) is 11.7. The molecule has 0 aliphatic heterocycles. The monoisotopic (exact) mass is 300 g/mol. The number of alkyl halides is 3. The molecule has 21 heavy (non-hydrogen) atoms. The van der Waals surface area contributed by atoms with Gasteiger partial charge in [0.1, 0.15) is 0 Å². The third-order valence-corrected chi connectivity index (χ3v) is 4.12. The SMILES string of the molecule is O=C(CCC1CCCCC1O)c1cccc(C(F)(F)F)c1. The number of ketones is 1. The first-order valence-corrected chi connectivity index (χ1v) is 7.26. The Morgan fingerprint density at radius 2 is 1.95 bits per heavy atom. The van der Waals surface area contributed by atoms with Gasteiger partial charge in [-0.05, 0) is 37.3 Å². The van der Waals surface area contributed by atoms with Gasteiger partial charge in [-0.15, -0.1) is 0 Å². The van der Waals surface area contributed by atoms with Crippen LogP contribution in [0.3, 0.4) is 0 Å². The van der Waals surface area contributed by atoms with Crippen LogP contribution in [0, 0.1) is 5.92 Å². The third-order valence-electron chi connectivity index (χ3n) is 4.12. The number of aliphatic hydroxyl groups excluding tert-OH is 1. The Morgan fingerprint density at radius 1 is 1.24 bits per heavy atom. The molecule has 2 nitrogen and oxygen atoms in total. The molecule has 1 aliphatic rings. The summed E-state index contributed by atoms with van der Waals surface area (Å²) in [4.78, 5) is 12.0. The Bertz CT molecular complexity index is 497. The lowest BCUT2D eigenvalue weighted by molar-refractivity contribution is -0.137. The summed E-state index contributed by atoms with van der Waals surface area (Å²) in [6.45, 7) is 0. The van der Waals surface area contributed by atoms with Crippen molar-refractivity contribution in [1.82, 2.24) is 0 Å². The fourth-order valence-corrected chi connectivity index (χ4v) is 2.85. The number of Topliss-reactive ketones (excluding diaryl/α,β-unsaturated/α-hetero) is 1. The fraction of sp³-hybridized carbons (Fsp3) is 0.562. The first-order valence-electron chi connectivity index (χ1n) is 7.26. The minimum absolute atomic E-state index is 0.0912. The van der Waals surface area contributed by atoms with E-state index in [9.17, 15) is 23.1 Å². The van der Waals surface area contributed by atoms with Crippen molar-refractivity contribution in [3.8, 4) is 0 Å². The Morgan fingerprint density at radius 3 is 2.62 bits per heavy atom. The first-order chi connectivity index (χ1) is 9.88. The number of rotatable bonds is 4. The van der Waals surface area contributed by atoms with Crippen LogP contribution in [0.5, 0.6) is 0 Å². The highest BCUT2D eigenvalue weighted by molar-refractivity contribution is 5.96. The molecular weight excluding hydrogens is 281 g/mol. The molecule has 0 radical (unpaired) electrons. The highest BCUT2D eigenvalue weighted by Crippen LogP contribution is 2.31. The van der Waals surface area contributed by atoms with E-state index in [4.69, 9.17) is 0 Å². The highest BCUT2D eigenvalue weighted by atomic mass is 19.4. The summed E-state index contributed by atoms with van der Waals surface area (Å²) in [6.07, 6.45) is -0.416. The molecule has 0 amide bonds. The predicted octanol–water partition coefficient (Wildman–Crippen LogP) is 4.22. The molecule has 2 atom stereocenters. The van der Waals surface area contributed by atoms with Crippen LogP contribution in [0.2, 0.25) is 0 Å². The van der Waals surface area contributed by atoms with E-state index in [1.54, 1.807) is 0 Å². The van der Waals surface area contributed by atoms with Gasteiger partial charge in [-0.1, -0.05) is 25.0 Å². The van der Waals surface area contributed by atoms with Gasteiger partial charge in [0, 0.05) is 12.0 Å². The molecule has 1 saturated carbocycles. The molecule has 0 saturated heterocycles. The topological polar surface area (TPSA) is 37.3 Å². The number of halogens is 3. The van der Waals surface area contributed by atoms with E-state index in [2.05, 4.69) is 0 Å². The Balaban J connectivity index is 1.97. The molecule has 1 fully saturated rings. The number of benzene rings is 1. The average Bonchev–Trinajstić information content (AvgIpc) is 2.45. The second-order valence-electron chi connectivity index (χ2n) is 5.65. The van der Waals surface area contributed by atoms with Gasteiger partial charge in [-0.2, -0.15) is 13.2 Å². The van der Waals surface area contributed by atoms with Crippen LogP contribution in [0.25, 0.3) is 0 Å². The summed E-state index contributed by atoms with van der Waals surface area (Å²) >= 11 is 0. The summed E-state index contributed by atoms with van der Waals surface area (Å²) in [5.74, 6) is -0.202. The lowest BCUT2D eigenvalue weighted by Gasteiger charge is -2.27. The van der Waals surface area contributed by atoms with Gasteiger partial charge < -0.3 is 5.11 Å². The van der Waals surface area contributed by atoms with Crippen molar-refractivity contribution in [3.05, 3.63) is 35.4 Å². The van der Waals surface area contributed by atoms with Gasteiger partial charge in [0.2, 0.25) is 0 Å². The molecule has 0 aromatic heterocycles. The Kier molecular flexibility index (Phi) is 5.04. The number of aliphatic hydroxyl groups is 1. The van der Waals surface area contributed by atoms with Crippen LogP contribution in [0.15, 0.2) is 24.3 Å². The summed E-state index contributed by atoms with van der Waals surface area (Å²) in [5.41, 5.74) is -0.707. The second-order valence-corrected chi connectivity index (χ2v) is 5.65. The molecule has 1 N–H and O–H groups in total. The van der Waals surface area contributed by atoms with Crippen molar-refractivity contribution < 1.29 is 23.1 Å². The maximum absolute atomic E-state index is 12.6. The van der Waals surface area contributed by atoms with E-state index in [-0.39, 0.29) is 29.8 Å². The largest absolute Gasteiger partial charge is 0.416 e. The van der Waals surface area contributed by atoms with Gasteiger partial charge >= 0.3 is 6.18 Å². The maximum Gasteiger partial charge on any atom is 0.416 e. The zero-order chi connectivity index (χ0) is 15.5. The van der Waals surface area contributed by atoms with Gasteiger partial charge in [0.25, 0.3) is 0 Å². The van der Waals surface area contributed by atoms with Crippen LogP contribution >= 0.6 is 0 Å². The molecule has 5 heteroatoms. The minimum atomic E-state index is -4.43. The summed E-state index contributed by atoms with van der Waals surface area (Å²) < 4.78 is 37.8. The van der Waals surface area contributed by atoms with Gasteiger partial charge in [0.15, 0.2) is 5.78 Å². The Hall–Kier alpha value is -1.36. The lowest BCUT2D eigenvalue weighted by Crippen LogP contribution is -2.25. The summed E-state index contributed by atoms with van der Waals surface area (Å²) in [5, 5.41) is 9.84. The van der Waals surface area contributed by atoms with Crippen LogP contribution in [0.1, 0.15) is 54.4 Å². The van der Waals surface area contributed by atoms with E-state index in [0.29, 0.717) is 6.42 Å². The van der Waals surface area contributed by atoms with Gasteiger partial charge in [-0.25, -0.2) is 0 Å². The molecule has 0 spiro atoms. The van der Waals surface area contributed by atoms with Gasteiger partial charge in [-0.3, -0.25) is 4.79 Å². The van der Waals surface area contributed by atoms with Crippen LogP contribution in [-0.2, 0) is 6.18 Å². The molecule has 2 unspecified atom stereocenters. The molecular formula is C16H19F3O2. The quantitative estimate of drug-likeness (QED) is 0.845. The fourth-order valence-electron chi connectivity index (χ4n) is 2.85. The zero-order valence-corrected chi connectivity index (χ0v) is 11.7. The number of carbonyl (C=O) groups is 1. The van der Waals surface area contributed by atoms with Crippen molar-refractivity contribution in [2.75, 3.05) is 0 Å². The normalized spacial score (nSPS) is 23.0. The summed E-state index contributed by atoms with van der Waals surface area (Å²) in [6, 6.07) is 4.53. The third kappa shape index (κ3) is 4.30. The number of carbonyl (C=O) groups excluding carboxylic acids is 1. The second kappa shape index (κ2) is 6.60. The molecule has 1 aliphatic carbocycles. The van der Waals surface area contributed by atoms with Crippen molar-refractivity contribution >= 4 is 5.78 Å². The maximum atomic E-state index is 12.6. The molecule has 0 bridgehead atoms. The first kappa shape index (κ1) is 16.0. The van der Waals surface area contributed by atoms with E-state index in [1.807, 2.05) is 0 Å². The molecule has 1 aromatic carbocycles. The van der Waals surface area contributed by atoms with E-state index < -0.39 is 11.7 Å². The van der Waals surface area contributed by atoms with Crippen LogP contribution in [-0.4, -0.2) is 17.0 Å². The highest BCUT2D eigenvalue weighted by Gasteiger charge is 2.31. The summed E-state index contributed by atoms with van der Waals surface area (Å²) in [7, 11) is 0. The average molecular weight is 300 g/mol. The van der Waals surface area contributed by atoms with Gasteiger partial charge in [0.05, 0.1) is 11.7 Å². The lowest BCUT2D eigenvalue weighted by atomic mass is 9.83. The van der Waals surface area contributed by atoms with Crippen LogP contribution in [0.4, 0.5) is 13.2 Å². The van der Waals surface area contributed by atoms with Crippen molar-refractivity contribution in [3.63, 3.8) is 0 Å². The number of hydrogen-bond acceptors (Lipinski definition) is 2. The Labute approximate surface area is 122 Å². The van der Waals surface area contributed by atoms with Crippen molar-refractivity contribution in [2.45, 2.75) is 50.8 Å². The molecule has 116 valence electrons. The molecule has 0 heterocycles. The van der Waals surface area contributed by atoms with Crippen molar-refractivity contribution in [2.24, 2.45) is 5.92 Å². The van der Waals surface area contributed by atoms with E-state index in [1.165, 1.54) is 12.1 Å². The standard InChI is InChI=1S/C16H19F3O2/c17-16(18,19)13-6-3-5-12(10-13)15(21)9-8-11-4-1-2-7-14(11)20/h3,5-6,10-11,14,20H,1-2,4,7-9H2. The van der Waals surface area contributed by atoms with E-state index >= 15 is 0 Å². The minimum Gasteiger partial charge on any atom is -0.393 e. The molecule has 2 rings (SSSR count). The van der Waals surface area contributed by atoms with Crippen molar-refractivity contribution in [1.29, 1.82) is 0 Å². The van der Waals surface area contributed by atoms with E-state index in [0.717, 1.165) is 37.8 Å². The predicted molar refractivity (Wildman–Crippen MR) is 73.0 cm³/mol.